The predicted octanol–water partition coefficient (Wildman–Crippen LogP) is 0.922. The fourth-order valence-corrected chi connectivity index (χ4v) is 0.795. The van der Waals surface area contributed by atoms with Crippen LogP contribution in [0.25, 0.3) is 0 Å². The first-order valence-electron chi connectivity index (χ1n) is 3.56. The van der Waals surface area contributed by atoms with Gasteiger partial charge in [-0.05, 0) is 12.1 Å². The maximum Gasteiger partial charge on any atom is 0.130 e. The minimum absolute atomic E-state index is 0.0882. The number of ether oxygens (including phenoxy) is 1. The predicted molar refractivity (Wildman–Crippen MR) is 43.1 cm³/mol. The number of hydrogen-bond donors (Lipinski definition) is 1. The Morgan fingerprint density at radius 3 is 2.83 bits per heavy atom. The van der Waals surface area contributed by atoms with Crippen LogP contribution in [-0.2, 0) is 18.0 Å². The summed E-state index contributed by atoms with van der Waals surface area (Å²) in [5.74, 6) is 3.56. The third-order valence-electron chi connectivity index (χ3n) is 1.30. The molecule has 3 nitrogen and oxygen atoms in total. The molecule has 0 atom stereocenters. The highest BCUT2D eigenvalue weighted by Crippen LogP contribution is 2.08. The topological polar surface area (TPSA) is 42.6 Å². The molecule has 1 aromatic rings. The molecule has 0 amide bonds. The first-order valence-corrected chi connectivity index (χ1v) is 3.56. The first-order chi connectivity index (χ1) is 5.86. The van der Waals surface area contributed by atoms with Crippen molar-refractivity contribution < 1.29 is 14.3 Å². The Balaban J connectivity index is 2.37. The van der Waals surface area contributed by atoms with Crippen LogP contribution in [0.15, 0.2) is 16.5 Å². The first kappa shape index (κ1) is 8.85. The van der Waals surface area contributed by atoms with Crippen molar-refractivity contribution in [2.45, 2.75) is 13.2 Å². The quantitative estimate of drug-likeness (QED) is 0.534. The van der Waals surface area contributed by atoms with Gasteiger partial charge in [-0.15, -0.1) is 6.42 Å². The van der Waals surface area contributed by atoms with Crippen LogP contribution in [-0.4, -0.2) is 11.7 Å². The van der Waals surface area contributed by atoms with Crippen molar-refractivity contribution in [2.24, 2.45) is 0 Å². The molecule has 0 aromatic carbocycles. The van der Waals surface area contributed by atoms with Gasteiger partial charge >= 0.3 is 0 Å². The van der Waals surface area contributed by atoms with Crippen molar-refractivity contribution >= 4 is 0 Å². The van der Waals surface area contributed by atoms with Gasteiger partial charge < -0.3 is 14.3 Å². The minimum Gasteiger partial charge on any atom is -0.461 e. The second kappa shape index (κ2) is 4.60. The van der Waals surface area contributed by atoms with Crippen LogP contribution < -0.4 is 0 Å². The van der Waals surface area contributed by atoms with E-state index in [0.29, 0.717) is 18.1 Å². The lowest BCUT2D eigenvalue weighted by molar-refractivity contribution is 0.131. The highest BCUT2D eigenvalue weighted by molar-refractivity contribution is 5.05. The molecule has 0 saturated heterocycles. The van der Waals surface area contributed by atoms with Crippen LogP contribution in [0.3, 0.4) is 0 Å². The molecule has 0 aliphatic carbocycles. The zero-order valence-corrected chi connectivity index (χ0v) is 6.62. The van der Waals surface area contributed by atoms with Crippen molar-refractivity contribution in [3.05, 3.63) is 23.7 Å². The number of terminal acetylenes is 1. The molecule has 1 rings (SSSR count). The van der Waals surface area contributed by atoms with Gasteiger partial charge in [-0.25, -0.2) is 0 Å². The van der Waals surface area contributed by atoms with E-state index in [1.54, 1.807) is 12.1 Å². The number of rotatable bonds is 4. The Bertz CT molecular complexity index is 270. The molecule has 1 aromatic heterocycles. The van der Waals surface area contributed by atoms with E-state index in [4.69, 9.17) is 20.7 Å². The largest absolute Gasteiger partial charge is 0.461 e. The van der Waals surface area contributed by atoms with Gasteiger partial charge in [0.25, 0.3) is 0 Å². The molecule has 3 heteroatoms. The van der Waals surface area contributed by atoms with Gasteiger partial charge in [-0.3, -0.25) is 0 Å². The van der Waals surface area contributed by atoms with Crippen LogP contribution >= 0.6 is 0 Å². The lowest BCUT2D eigenvalue weighted by Crippen LogP contribution is -1.90. The summed E-state index contributed by atoms with van der Waals surface area (Å²) in [5.41, 5.74) is 0. The van der Waals surface area contributed by atoms with Crippen LogP contribution in [0.1, 0.15) is 11.5 Å². The van der Waals surface area contributed by atoms with Gasteiger partial charge in [0.1, 0.15) is 31.3 Å². The molecule has 0 radical (unpaired) electrons. The number of aliphatic hydroxyl groups is 1. The van der Waals surface area contributed by atoms with Crippen molar-refractivity contribution in [3.8, 4) is 12.3 Å². The maximum absolute atomic E-state index is 8.66. The minimum atomic E-state index is -0.0882. The van der Waals surface area contributed by atoms with Gasteiger partial charge in [0, 0.05) is 0 Å². The molecule has 0 bridgehead atoms. The van der Waals surface area contributed by atoms with Gasteiger partial charge in [0.2, 0.25) is 0 Å². The van der Waals surface area contributed by atoms with Crippen LogP contribution in [0, 0.1) is 12.3 Å². The highest BCUT2D eigenvalue weighted by atomic mass is 16.5. The van der Waals surface area contributed by atoms with Gasteiger partial charge in [-0.2, -0.15) is 0 Å². The second-order valence-electron chi connectivity index (χ2n) is 2.22. The lowest BCUT2D eigenvalue weighted by Gasteiger charge is -1.95. The number of furan rings is 1. The maximum atomic E-state index is 8.66. The summed E-state index contributed by atoms with van der Waals surface area (Å²) < 4.78 is 10.2. The molecular weight excluding hydrogens is 156 g/mol. The molecule has 64 valence electrons. The Morgan fingerprint density at radius 1 is 1.50 bits per heavy atom. The van der Waals surface area contributed by atoms with E-state index in [2.05, 4.69) is 5.92 Å². The molecule has 1 N–H and O–H groups in total. The van der Waals surface area contributed by atoms with Crippen LogP contribution in [0.4, 0.5) is 0 Å². The second-order valence-corrected chi connectivity index (χ2v) is 2.22. The van der Waals surface area contributed by atoms with E-state index >= 15 is 0 Å². The lowest BCUT2D eigenvalue weighted by atomic mass is 10.4. The molecular formula is C9H10O3. The molecule has 0 unspecified atom stereocenters. The monoisotopic (exact) mass is 166 g/mol. The highest BCUT2D eigenvalue weighted by Gasteiger charge is 1.99. The van der Waals surface area contributed by atoms with E-state index in [9.17, 15) is 0 Å². The standard InChI is InChI=1S/C9H10O3/c1-2-5-11-7-9-4-3-8(6-10)12-9/h1,3-4,10H,5-7H2. The van der Waals surface area contributed by atoms with Crippen LogP contribution in [0.5, 0.6) is 0 Å². The van der Waals surface area contributed by atoms with E-state index in [0.717, 1.165) is 0 Å². The van der Waals surface area contributed by atoms with Crippen molar-refractivity contribution in [1.82, 2.24) is 0 Å². The summed E-state index contributed by atoms with van der Waals surface area (Å²) in [6.07, 6.45) is 4.98. The number of aliphatic hydroxyl groups excluding tert-OH is 1. The molecule has 0 aliphatic rings. The summed E-state index contributed by atoms with van der Waals surface area (Å²) in [4.78, 5) is 0. The fourth-order valence-electron chi connectivity index (χ4n) is 0.795. The average Bonchev–Trinajstić information content (AvgIpc) is 2.53. The fraction of sp³-hybridized carbons (Fsp3) is 0.333. The Labute approximate surface area is 71.0 Å². The molecule has 0 fully saturated rings. The van der Waals surface area contributed by atoms with Crippen molar-refractivity contribution in [1.29, 1.82) is 0 Å². The third-order valence-corrected chi connectivity index (χ3v) is 1.30. The summed E-state index contributed by atoms with van der Waals surface area (Å²) in [6.45, 7) is 0.536. The average molecular weight is 166 g/mol. The summed E-state index contributed by atoms with van der Waals surface area (Å²) >= 11 is 0. The van der Waals surface area contributed by atoms with E-state index < -0.39 is 0 Å². The van der Waals surface area contributed by atoms with Crippen molar-refractivity contribution in [2.75, 3.05) is 6.61 Å². The van der Waals surface area contributed by atoms with Gasteiger partial charge in [-0.1, -0.05) is 5.92 Å². The van der Waals surface area contributed by atoms with Gasteiger partial charge in [0.15, 0.2) is 0 Å². The third kappa shape index (κ3) is 2.42. The SMILES string of the molecule is C#CCOCc1ccc(CO)o1. The Kier molecular flexibility index (Phi) is 3.39. The van der Waals surface area contributed by atoms with Crippen molar-refractivity contribution in [3.63, 3.8) is 0 Å². The Hall–Kier alpha value is -1.24. The molecule has 1 heterocycles. The smallest absolute Gasteiger partial charge is 0.130 e. The summed E-state index contributed by atoms with van der Waals surface area (Å²) in [6, 6.07) is 3.45. The molecule has 0 spiro atoms. The normalized spacial score (nSPS) is 9.67. The van der Waals surface area contributed by atoms with Crippen LogP contribution in [0.2, 0.25) is 0 Å². The molecule has 0 saturated carbocycles. The van der Waals surface area contributed by atoms with E-state index in [1.165, 1.54) is 0 Å². The molecule has 12 heavy (non-hydrogen) atoms. The zero-order valence-electron chi connectivity index (χ0n) is 6.62. The van der Waals surface area contributed by atoms with E-state index in [-0.39, 0.29) is 13.2 Å². The van der Waals surface area contributed by atoms with Gasteiger partial charge in [0.05, 0.1) is 0 Å². The summed E-state index contributed by atoms with van der Waals surface area (Å²) in [7, 11) is 0. The Morgan fingerprint density at radius 2 is 2.25 bits per heavy atom. The van der Waals surface area contributed by atoms with E-state index in [1.807, 2.05) is 0 Å². The summed E-state index contributed by atoms with van der Waals surface area (Å²) in [5, 5.41) is 8.66. The molecule has 0 aliphatic heterocycles. The number of hydrogen-bond acceptors (Lipinski definition) is 3. The zero-order chi connectivity index (χ0) is 8.81.